The second-order valence-electron chi connectivity index (χ2n) is 5.04. The predicted molar refractivity (Wildman–Crippen MR) is 83.0 cm³/mol. The molecule has 3 aromatic rings. The van der Waals surface area contributed by atoms with Crippen molar-refractivity contribution in [3.63, 3.8) is 0 Å². The highest BCUT2D eigenvalue weighted by Gasteiger charge is 2.17. The van der Waals surface area contributed by atoms with Crippen LogP contribution in [0.1, 0.15) is 30.4 Å². The Balaban J connectivity index is 1.73. The number of hydrogen-bond acceptors (Lipinski definition) is 8. The monoisotopic (exact) mass is 322 g/mol. The Hall–Kier alpha value is -2.00. The summed E-state index contributed by atoms with van der Waals surface area (Å²) >= 11 is 1.57. The van der Waals surface area contributed by atoms with Gasteiger partial charge in [0.25, 0.3) is 0 Å². The summed E-state index contributed by atoms with van der Waals surface area (Å²) in [5.74, 6) is 1.19. The predicted octanol–water partition coefficient (Wildman–Crippen LogP) is 2.08. The van der Waals surface area contributed by atoms with Crippen molar-refractivity contribution in [1.29, 1.82) is 0 Å². The van der Waals surface area contributed by atoms with E-state index >= 15 is 0 Å². The van der Waals surface area contributed by atoms with Crippen LogP contribution in [-0.2, 0) is 18.2 Å². The van der Waals surface area contributed by atoms with Gasteiger partial charge in [-0.1, -0.05) is 16.5 Å². The average molecular weight is 322 g/mol. The Morgan fingerprint density at radius 3 is 2.95 bits per heavy atom. The van der Waals surface area contributed by atoms with Crippen LogP contribution in [0.25, 0.3) is 10.3 Å². The molecule has 0 fully saturated rings. The highest BCUT2D eigenvalue weighted by molar-refractivity contribution is 7.22. The van der Waals surface area contributed by atoms with Crippen LogP contribution in [0, 0.1) is 6.92 Å². The van der Waals surface area contributed by atoms with E-state index in [1.54, 1.807) is 23.1 Å². The van der Waals surface area contributed by atoms with Crippen LogP contribution in [0.2, 0.25) is 0 Å². The first-order valence-corrected chi connectivity index (χ1v) is 7.78. The number of fused-ring (bicyclic) bond motifs is 1. The number of nitrogens with zero attached hydrogens (tertiary/aromatic N) is 5. The van der Waals surface area contributed by atoms with Gasteiger partial charge in [-0.15, -0.1) is 0 Å². The Bertz CT molecular complexity index is 742. The van der Waals surface area contributed by atoms with Crippen LogP contribution >= 0.6 is 11.3 Å². The Labute approximate surface area is 131 Å². The van der Waals surface area contributed by atoms with E-state index in [-0.39, 0.29) is 6.04 Å². The number of thiazole rings is 1. The fourth-order valence-electron chi connectivity index (χ4n) is 2.13. The van der Waals surface area contributed by atoms with Crippen molar-refractivity contribution in [3.8, 4) is 0 Å². The average Bonchev–Trinajstić information content (AvgIpc) is 3.16. The molecule has 1 atom stereocenters. The Morgan fingerprint density at radius 1 is 1.41 bits per heavy atom. The summed E-state index contributed by atoms with van der Waals surface area (Å²) in [5, 5.41) is 12.4. The van der Waals surface area contributed by atoms with Gasteiger partial charge in [-0.2, -0.15) is 10.1 Å². The summed E-state index contributed by atoms with van der Waals surface area (Å²) in [6.45, 7) is 4.52. The molecular formula is C13H18N6O2S. The smallest absolute Gasteiger partial charge is 0.248 e. The fourth-order valence-corrected chi connectivity index (χ4v) is 3.15. The molecule has 3 rings (SSSR count). The first kappa shape index (κ1) is 14.9. The van der Waals surface area contributed by atoms with Gasteiger partial charge in [-0.05, 0) is 13.8 Å². The maximum absolute atomic E-state index is 5.28. The minimum atomic E-state index is -0.113. The second-order valence-corrected chi connectivity index (χ2v) is 6.04. The van der Waals surface area contributed by atoms with Gasteiger partial charge in [-0.25, -0.2) is 9.67 Å². The van der Waals surface area contributed by atoms with Crippen LogP contribution in [0.15, 0.2) is 4.52 Å². The van der Waals surface area contributed by atoms with E-state index < -0.39 is 0 Å². The van der Waals surface area contributed by atoms with E-state index in [0.29, 0.717) is 24.7 Å². The number of anilines is 1. The number of rotatable bonds is 6. The molecule has 0 radical (unpaired) electrons. The first-order chi connectivity index (χ1) is 10.6. The Kier molecular flexibility index (Phi) is 4.08. The van der Waals surface area contributed by atoms with Gasteiger partial charge in [0.2, 0.25) is 5.89 Å². The minimum Gasteiger partial charge on any atom is -0.384 e. The van der Waals surface area contributed by atoms with Crippen molar-refractivity contribution in [1.82, 2.24) is 24.9 Å². The molecule has 0 aliphatic rings. The zero-order chi connectivity index (χ0) is 15.7. The van der Waals surface area contributed by atoms with Crippen molar-refractivity contribution in [2.75, 3.05) is 19.0 Å². The number of ether oxygens (including phenoxy) is 1. The SMILES string of the molecule is COCCc1noc([C@H](C)Nc2nc3c(s2)c(C)nn3C)n1. The molecule has 118 valence electrons. The summed E-state index contributed by atoms with van der Waals surface area (Å²) in [7, 11) is 3.54. The summed E-state index contributed by atoms with van der Waals surface area (Å²) in [5.41, 5.74) is 1.86. The van der Waals surface area contributed by atoms with Crippen LogP contribution in [0.3, 0.4) is 0 Å². The molecule has 0 spiro atoms. The molecule has 3 aromatic heterocycles. The quantitative estimate of drug-likeness (QED) is 0.743. The summed E-state index contributed by atoms with van der Waals surface area (Å²) < 4.78 is 13.2. The van der Waals surface area contributed by atoms with Gasteiger partial charge in [0.15, 0.2) is 16.6 Å². The second kappa shape index (κ2) is 6.01. The molecule has 0 aromatic carbocycles. The number of methoxy groups -OCH3 is 1. The van der Waals surface area contributed by atoms with Crippen molar-refractivity contribution in [3.05, 3.63) is 17.4 Å². The number of nitrogens with one attached hydrogen (secondary N) is 1. The fraction of sp³-hybridized carbons (Fsp3) is 0.538. The third-order valence-electron chi connectivity index (χ3n) is 3.27. The van der Waals surface area contributed by atoms with Gasteiger partial charge in [-0.3, -0.25) is 0 Å². The molecule has 8 nitrogen and oxygen atoms in total. The molecule has 0 unspecified atom stereocenters. The molecule has 0 amide bonds. The maximum Gasteiger partial charge on any atom is 0.248 e. The molecule has 0 aliphatic carbocycles. The number of aryl methyl sites for hydroxylation is 2. The summed E-state index contributed by atoms with van der Waals surface area (Å²) in [6, 6.07) is -0.113. The van der Waals surface area contributed by atoms with E-state index in [2.05, 4.69) is 25.5 Å². The third-order valence-corrected chi connectivity index (χ3v) is 4.35. The largest absolute Gasteiger partial charge is 0.384 e. The summed E-state index contributed by atoms with van der Waals surface area (Å²) in [6.07, 6.45) is 0.638. The Morgan fingerprint density at radius 2 is 2.23 bits per heavy atom. The molecule has 0 saturated heterocycles. The van der Waals surface area contributed by atoms with Gasteiger partial charge < -0.3 is 14.6 Å². The van der Waals surface area contributed by atoms with Crippen LogP contribution in [-0.4, -0.2) is 38.6 Å². The molecule has 3 heterocycles. The van der Waals surface area contributed by atoms with Gasteiger partial charge in [0.1, 0.15) is 6.04 Å². The lowest BCUT2D eigenvalue weighted by atomic mass is 10.3. The highest BCUT2D eigenvalue weighted by atomic mass is 32.1. The van der Waals surface area contributed by atoms with Crippen molar-refractivity contribution >= 4 is 26.8 Å². The number of aromatic nitrogens is 5. The zero-order valence-corrected chi connectivity index (χ0v) is 13.8. The van der Waals surface area contributed by atoms with E-state index in [9.17, 15) is 0 Å². The lowest BCUT2D eigenvalue weighted by Crippen LogP contribution is -2.07. The van der Waals surface area contributed by atoms with E-state index in [4.69, 9.17) is 9.26 Å². The van der Waals surface area contributed by atoms with Crippen molar-refractivity contribution in [2.45, 2.75) is 26.3 Å². The lowest BCUT2D eigenvalue weighted by molar-refractivity contribution is 0.199. The normalized spacial score (nSPS) is 12.9. The molecule has 0 saturated carbocycles. The van der Waals surface area contributed by atoms with Gasteiger partial charge >= 0.3 is 0 Å². The zero-order valence-electron chi connectivity index (χ0n) is 13.0. The van der Waals surface area contributed by atoms with E-state index in [1.807, 2.05) is 20.9 Å². The van der Waals surface area contributed by atoms with Crippen molar-refractivity contribution < 1.29 is 9.26 Å². The number of hydrogen-bond donors (Lipinski definition) is 1. The first-order valence-electron chi connectivity index (χ1n) is 6.96. The third kappa shape index (κ3) is 2.81. The van der Waals surface area contributed by atoms with E-state index in [1.165, 1.54) is 0 Å². The van der Waals surface area contributed by atoms with Crippen molar-refractivity contribution in [2.24, 2.45) is 7.05 Å². The maximum atomic E-state index is 5.28. The summed E-state index contributed by atoms with van der Waals surface area (Å²) in [4.78, 5) is 8.91. The van der Waals surface area contributed by atoms with Gasteiger partial charge in [0, 0.05) is 20.6 Å². The topological polar surface area (TPSA) is 90.9 Å². The molecule has 1 N–H and O–H groups in total. The molecule has 9 heteroatoms. The molecule has 0 aliphatic heterocycles. The highest BCUT2D eigenvalue weighted by Crippen LogP contribution is 2.30. The molecule has 0 bridgehead atoms. The minimum absolute atomic E-state index is 0.113. The lowest BCUT2D eigenvalue weighted by Gasteiger charge is -2.07. The van der Waals surface area contributed by atoms with Crippen LogP contribution < -0.4 is 5.32 Å². The molecular weight excluding hydrogens is 304 g/mol. The van der Waals surface area contributed by atoms with Gasteiger partial charge in [0.05, 0.1) is 17.0 Å². The molecule has 22 heavy (non-hydrogen) atoms. The van der Waals surface area contributed by atoms with E-state index in [0.717, 1.165) is 21.2 Å². The van der Waals surface area contributed by atoms with Crippen LogP contribution in [0.5, 0.6) is 0 Å². The van der Waals surface area contributed by atoms with Crippen LogP contribution in [0.4, 0.5) is 5.13 Å². The standard InChI is InChI=1S/C13H18N6O2S/c1-7-10-11(19(3)17-7)16-13(22-10)14-8(2)12-15-9(18-21-12)5-6-20-4/h8H,5-6H2,1-4H3,(H,14,16)/t8-/m0/s1.